The van der Waals surface area contributed by atoms with Gasteiger partial charge >= 0.3 is 0 Å². The minimum absolute atomic E-state index is 0.0951. The number of ether oxygens (including phenoxy) is 1. The summed E-state index contributed by atoms with van der Waals surface area (Å²) in [5, 5.41) is 0. The van der Waals surface area contributed by atoms with Gasteiger partial charge in [-0.1, -0.05) is 30.3 Å². The number of nitrogens with zero attached hydrogens (tertiary/aromatic N) is 1. The van der Waals surface area contributed by atoms with Gasteiger partial charge in [0, 0.05) is 30.0 Å². The van der Waals surface area contributed by atoms with Crippen LogP contribution in [0.3, 0.4) is 0 Å². The van der Waals surface area contributed by atoms with Crippen LogP contribution in [0.5, 0.6) is 0 Å². The topological polar surface area (TPSA) is 29.5 Å². The van der Waals surface area contributed by atoms with E-state index in [1.807, 2.05) is 47.4 Å². The molecule has 0 bridgehead atoms. The van der Waals surface area contributed by atoms with Crippen LogP contribution in [0.1, 0.15) is 22.3 Å². The molecule has 0 spiro atoms. The van der Waals surface area contributed by atoms with Crippen LogP contribution in [0.15, 0.2) is 53.4 Å². The van der Waals surface area contributed by atoms with Crippen molar-refractivity contribution in [2.75, 3.05) is 30.9 Å². The molecular weight excluding hydrogens is 306 g/mol. The number of benzene rings is 2. The molecule has 0 unspecified atom stereocenters. The highest BCUT2D eigenvalue weighted by atomic mass is 32.2. The number of anilines is 1. The third-order valence-corrected chi connectivity index (χ3v) is 5.06. The Morgan fingerprint density at radius 3 is 2.83 bits per heavy atom. The molecule has 1 aliphatic rings. The minimum Gasteiger partial charge on any atom is -0.384 e. The lowest BCUT2D eigenvalue weighted by atomic mass is 10.0. The van der Waals surface area contributed by atoms with Crippen LogP contribution in [-0.4, -0.2) is 31.9 Å². The molecule has 0 aliphatic carbocycles. The number of fused-ring (bicyclic) bond motifs is 1. The molecule has 4 heteroatoms. The van der Waals surface area contributed by atoms with Gasteiger partial charge in [-0.05, 0) is 36.6 Å². The Balaban J connectivity index is 1.87. The average molecular weight is 327 g/mol. The summed E-state index contributed by atoms with van der Waals surface area (Å²) >= 11 is 1.67. The number of para-hydroxylation sites is 1. The first-order valence-corrected chi connectivity index (χ1v) is 8.90. The van der Waals surface area contributed by atoms with Crippen molar-refractivity contribution in [3.63, 3.8) is 0 Å². The number of carbonyl (C=O) groups excluding carboxylic acids is 1. The minimum atomic E-state index is 0.0951. The van der Waals surface area contributed by atoms with Crippen LogP contribution in [0.25, 0.3) is 0 Å². The Morgan fingerprint density at radius 2 is 1.96 bits per heavy atom. The fourth-order valence-electron chi connectivity index (χ4n) is 2.89. The third-order valence-electron chi connectivity index (χ3n) is 4.02. The van der Waals surface area contributed by atoms with E-state index in [-0.39, 0.29) is 5.91 Å². The maximum Gasteiger partial charge on any atom is 0.259 e. The molecule has 2 aromatic rings. The largest absolute Gasteiger partial charge is 0.384 e. The Kier molecular flexibility index (Phi) is 5.36. The summed E-state index contributed by atoms with van der Waals surface area (Å²) in [6, 6.07) is 16.1. The molecule has 0 radical (unpaired) electrons. The Bertz CT molecular complexity index is 687. The SMILES string of the molecule is COCCSc1ccccc1C(=O)N1CCCc2ccccc21. The van der Waals surface area contributed by atoms with E-state index in [1.165, 1.54) is 5.56 Å². The second-order valence-corrected chi connectivity index (χ2v) is 6.66. The number of thioether (sulfide) groups is 1. The average Bonchev–Trinajstić information content (AvgIpc) is 2.61. The Hall–Kier alpha value is -1.78. The second kappa shape index (κ2) is 7.66. The van der Waals surface area contributed by atoms with Gasteiger partial charge in [-0.15, -0.1) is 11.8 Å². The predicted molar refractivity (Wildman–Crippen MR) is 95.5 cm³/mol. The number of rotatable bonds is 5. The molecule has 1 aliphatic heterocycles. The third kappa shape index (κ3) is 3.59. The first-order chi connectivity index (χ1) is 11.3. The van der Waals surface area contributed by atoms with Gasteiger partial charge in [-0.2, -0.15) is 0 Å². The van der Waals surface area contributed by atoms with Crippen molar-refractivity contribution >= 4 is 23.4 Å². The highest BCUT2D eigenvalue weighted by Crippen LogP contribution is 2.30. The van der Waals surface area contributed by atoms with Gasteiger partial charge in [0.1, 0.15) is 0 Å². The number of aryl methyl sites for hydroxylation is 1. The maximum absolute atomic E-state index is 13.1. The van der Waals surface area contributed by atoms with Gasteiger partial charge in [0.15, 0.2) is 0 Å². The van der Waals surface area contributed by atoms with Gasteiger partial charge in [-0.25, -0.2) is 0 Å². The molecule has 23 heavy (non-hydrogen) atoms. The molecule has 1 amide bonds. The fourth-order valence-corrected chi connectivity index (χ4v) is 3.85. The van der Waals surface area contributed by atoms with E-state index in [0.29, 0.717) is 6.61 Å². The van der Waals surface area contributed by atoms with Crippen molar-refractivity contribution in [3.05, 3.63) is 59.7 Å². The Labute approximate surface area is 141 Å². The predicted octanol–water partition coefficient (Wildman–Crippen LogP) is 4.02. The van der Waals surface area contributed by atoms with E-state index in [2.05, 4.69) is 6.07 Å². The summed E-state index contributed by atoms with van der Waals surface area (Å²) in [7, 11) is 1.70. The van der Waals surface area contributed by atoms with Crippen molar-refractivity contribution in [2.45, 2.75) is 17.7 Å². The van der Waals surface area contributed by atoms with Crippen molar-refractivity contribution in [1.82, 2.24) is 0 Å². The molecule has 0 saturated heterocycles. The molecule has 0 N–H and O–H groups in total. The number of hydrogen-bond donors (Lipinski definition) is 0. The summed E-state index contributed by atoms with van der Waals surface area (Å²) in [6.45, 7) is 1.46. The summed E-state index contributed by atoms with van der Waals surface area (Å²) in [6.07, 6.45) is 2.06. The summed E-state index contributed by atoms with van der Waals surface area (Å²) < 4.78 is 5.11. The van der Waals surface area contributed by atoms with E-state index in [1.54, 1.807) is 18.9 Å². The lowest BCUT2D eigenvalue weighted by Crippen LogP contribution is -2.35. The summed E-state index contributed by atoms with van der Waals surface area (Å²) in [4.78, 5) is 16.0. The zero-order valence-corrected chi connectivity index (χ0v) is 14.1. The summed E-state index contributed by atoms with van der Waals surface area (Å²) in [5.41, 5.74) is 3.10. The van der Waals surface area contributed by atoms with Crippen LogP contribution in [0.4, 0.5) is 5.69 Å². The van der Waals surface area contributed by atoms with Gasteiger partial charge < -0.3 is 9.64 Å². The molecule has 0 aromatic heterocycles. The first-order valence-electron chi connectivity index (χ1n) is 7.92. The highest BCUT2D eigenvalue weighted by Gasteiger charge is 2.24. The number of methoxy groups -OCH3 is 1. The van der Waals surface area contributed by atoms with Crippen LogP contribution in [-0.2, 0) is 11.2 Å². The quantitative estimate of drug-likeness (QED) is 0.614. The van der Waals surface area contributed by atoms with E-state index in [0.717, 1.165) is 41.3 Å². The molecular formula is C19H21NO2S. The molecule has 3 nitrogen and oxygen atoms in total. The number of amides is 1. The van der Waals surface area contributed by atoms with E-state index in [4.69, 9.17) is 4.74 Å². The van der Waals surface area contributed by atoms with Crippen LogP contribution >= 0.6 is 11.8 Å². The molecule has 1 heterocycles. The molecule has 3 rings (SSSR count). The number of hydrogen-bond acceptors (Lipinski definition) is 3. The van der Waals surface area contributed by atoms with Crippen LogP contribution in [0, 0.1) is 0 Å². The Morgan fingerprint density at radius 1 is 1.17 bits per heavy atom. The van der Waals surface area contributed by atoms with Crippen molar-refractivity contribution in [2.24, 2.45) is 0 Å². The summed E-state index contributed by atoms with van der Waals surface area (Å²) in [5.74, 6) is 0.940. The molecule has 120 valence electrons. The lowest BCUT2D eigenvalue weighted by molar-refractivity contribution is 0.0982. The lowest BCUT2D eigenvalue weighted by Gasteiger charge is -2.30. The van der Waals surface area contributed by atoms with Crippen LogP contribution < -0.4 is 4.90 Å². The van der Waals surface area contributed by atoms with Gasteiger partial charge in [0.2, 0.25) is 0 Å². The van der Waals surface area contributed by atoms with Crippen molar-refractivity contribution < 1.29 is 9.53 Å². The normalized spacial score (nSPS) is 13.7. The zero-order valence-electron chi connectivity index (χ0n) is 13.3. The maximum atomic E-state index is 13.1. The standard InChI is InChI=1S/C19H21NO2S/c1-22-13-14-23-18-11-5-3-9-16(18)19(21)20-12-6-8-15-7-2-4-10-17(15)20/h2-5,7,9-11H,6,8,12-14H2,1H3. The fraction of sp³-hybridized carbons (Fsp3) is 0.316. The molecule has 0 atom stereocenters. The van der Waals surface area contributed by atoms with E-state index >= 15 is 0 Å². The zero-order chi connectivity index (χ0) is 16.1. The highest BCUT2D eigenvalue weighted by molar-refractivity contribution is 7.99. The smallest absolute Gasteiger partial charge is 0.259 e. The monoisotopic (exact) mass is 327 g/mol. The van der Waals surface area contributed by atoms with Gasteiger partial charge in [-0.3, -0.25) is 4.79 Å². The molecule has 0 saturated carbocycles. The number of carbonyl (C=O) groups is 1. The van der Waals surface area contributed by atoms with Crippen molar-refractivity contribution in [3.8, 4) is 0 Å². The van der Waals surface area contributed by atoms with Crippen molar-refractivity contribution in [1.29, 1.82) is 0 Å². The first kappa shape index (κ1) is 16.1. The molecule has 0 fully saturated rings. The second-order valence-electron chi connectivity index (χ2n) is 5.53. The molecule has 2 aromatic carbocycles. The van der Waals surface area contributed by atoms with Gasteiger partial charge in [0.05, 0.1) is 12.2 Å². The van der Waals surface area contributed by atoms with E-state index < -0.39 is 0 Å². The van der Waals surface area contributed by atoms with Gasteiger partial charge in [0.25, 0.3) is 5.91 Å². The van der Waals surface area contributed by atoms with Crippen LogP contribution in [0.2, 0.25) is 0 Å². The van der Waals surface area contributed by atoms with E-state index in [9.17, 15) is 4.79 Å².